The topological polar surface area (TPSA) is 29.4 Å². The molecule has 1 atom stereocenters. The van der Waals surface area contributed by atoms with Gasteiger partial charge in [-0.05, 0) is 18.8 Å². The smallest absolute Gasteiger partial charge is 0.0839 e. The van der Waals surface area contributed by atoms with E-state index in [1.165, 1.54) is 103 Å². The third-order valence-corrected chi connectivity index (χ3v) is 4.76. The van der Waals surface area contributed by atoms with Crippen LogP contribution in [0.3, 0.4) is 0 Å². The zero-order valence-electron chi connectivity index (χ0n) is 15.5. The predicted molar refractivity (Wildman–Crippen MR) is 99.4 cm³/mol. The van der Waals surface area contributed by atoms with Gasteiger partial charge in [0, 0.05) is 0 Å². The molecule has 2 heteroatoms. The maximum Gasteiger partial charge on any atom is 0.0839 e. The van der Waals surface area contributed by atoms with E-state index in [1.54, 1.807) is 0 Å². The number of hydrogen-bond donors (Lipinski definition) is 0. The molecule has 0 aliphatic rings. The van der Waals surface area contributed by atoms with Crippen molar-refractivity contribution in [3.05, 3.63) is 4.91 Å². The van der Waals surface area contributed by atoms with Crippen molar-refractivity contribution in [3.8, 4) is 0 Å². The molecular formula is C20H41NO. The van der Waals surface area contributed by atoms with Crippen LogP contribution in [0.15, 0.2) is 5.18 Å². The van der Waals surface area contributed by atoms with Crippen molar-refractivity contribution in [2.45, 2.75) is 117 Å². The highest BCUT2D eigenvalue weighted by Crippen LogP contribution is 2.19. The van der Waals surface area contributed by atoms with Crippen molar-refractivity contribution in [1.29, 1.82) is 0 Å². The van der Waals surface area contributed by atoms with Gasteiger partial charge in [0.05, 0.1) is 6.54 Å². The Morgan fingerprint density at radius 2 is 0.955 bits per heavy atom. The molecular weight excluding hydrogens is 270 g/mol. The van der Waals surface area contributed by atoms with E-state index in [0.29, 0.717) is 12.5 Å². The summed E-state index contributed by atoms with van der Waals surface area (Å²) in [6, 6.07) is 0. The Labute approximate surface area is 139 Å². The molecule has 0 bridgehead atoms. The van der Waals surface area contributed by atoms with Crippen LogP contribution in [0.1, 0.15) is 117 Å². The summed E-state index contributed by atoms with van der Waals surface area (Å²) in [5.74, 6) is 0.559. The van der Waals surface area contributed by atoms with Gasteiger partial charge in [0.15, 0.2) is 0 Å². The molecule has 0 spiro atoms. The predicted octanol–water partition coefficient (Wildman–Crippen LogP) is 7.65. The second kappa shape index (κ2) is 18.6. The summed E-state index contributed by atoms with van der Waals surface area (Å²) in [6.07, 6.45) is 21.5. The fourth-order valence-electron chi connectivity index (χ4n) is 3.21. The first-order valence-electron chi connectivity index (χ1n) is 10.1. The van der Waals surface area contributed by atoms with Crippen LogP contribution in [0, 0.1) is 10.8 Å². The van der Waals surface area contributed by atoms with Gasteiger partial charge in [-0.25, -0.2) is 0 Å². The van der Waals surface area contributed by atoms with Crippen molar-refractivity contribution in [1.82, 2.24) is 0 Å². The van der Waals surface area contributed by atoms with E-state index in [2.05, 4.69) is 19.0 Å². The van der Waals surface area contributed by atoms with E-state index >= 15 is 0 Å². The molecule has 0 saturated heterocycles. The fourth-order valence-corrected chi connectivity index (χ4v) is 3.21. The van der Waals surface area contributed by atoms with Crippen LogP contribution in [-0.2, 0) is 0 Å². The van der Waals surface area contributed by atoms with Crippen LogP contribution >= 0.6 is 0 Å². The molecule has 0 aromatic heterocycles. The van der Waals surface area contributed by atoms with E-state index in [0.717, 1.165) is 0 Å². The highest BCUT2D eigenvalue weighted by atomic mass is 16.3. The second-order valence-electron chi connectivity index (χ2n) is 7.00. The molecule has 0 aromatic rings. The number of unbranched alkanes of at least 4 members (excludes halogenated alkanes) is 12. The van der Waals surface area contributed by atoms with Gasteiger partial charge in [-0.15, -0.1) is 0 Å². The quantitative estimate of drug-likeness (QED) is 0.189. The molecule has 0 N–H and O–H groups in total. The zero-order valence-corrected chi connectivity index (χ0v) is 15.5. The Morgan fingerprint density at radius 3 is 1.32 bits per heavy atom. The average molecular weight is 312 g/mol. The van der Waals surface area contributed by atoms with Crippen molar-refractivity contribution in [2.75, 3.05) is 6.54 Å². The van der Waals surface area contributed by atoms with Crippen molar-refractivity contribution < 1.29 is 0 Å². The summed E-state index contributed by atoms with van der Waals surface area (Å²) in [6.45, 7) is 5.07. The molecule has 0 rings (SSSR count). The second-order valence-corrected chi connectivity index (χ2v) is 7.00. The molecule has 0 aromatic carbocycles. The molecule has 22 heavy (non-hydrogen) atoms. The van der Waals surface area contributed by atoms with Crippen LogP contribution in [0.25, 0.3) is 0 Å². The summed E-state index contributed by atoms with van der Waals surface area (Å²) >= 11 is 0. The monoisotopic (exact) mass is 311 g/mol. The SMILES string of the molecule is CCCCCCCCCCCC(CCCCCCC)CN=O. The van der Waals surface area contributed by atoms with Gasteiger partial charge in [-0.1, -0.05) is 109 Å². The molecule has 0 aliphatic heterocycles. The minimum Gasteiger partial charge on any atom is -0.151 e. The Balaban J connectivity index is 3.42. The summed E-state index contributed by atoms with van der Waals surface area (Å²) in [7, 11) is 0. The molecule has 0 amide bonds. The van der Waals surface area contributed by atoms with Crippen molar-refractivity contribution in [3.63, 3.8) is 0 Å². The van der Waals surface area contributed by atoms with E-state index in [9.17, 15) is 4.91 Å². The van der Waals surface area contributed by atoms with Gasteiger partial charge in [-0.2, -0.15) is 4.91 Å². The molecule has 0 aliphatic carbocycles. The third kappa shape index (κ3) is 16.0. The first-order valence-corrected chi connectivity index (χ1v) is 10.1. The van der Waals surface area contributed by atoms with Crippen molar-refractivity contribution in [2.24, 2.45) is 11.1 Å². The number of rotatable bonds is 18. The van der Waals surface area contributed by atoms with Crippen LogP contribution < -0.4 is 0 Å². The highest BCUT2D eigenvalue weighted by molar-refractivity contribution is 4.63. The Morgan fingerprint density at radius 1 is 0.591 bits per heavy atom. The number of nitrogens with zero attached hydrogens (tertiary/aromatic N) is 1. The van der Waals surface area contributed by atoms with E-state index in [-0.39, 0.29) is 0 Å². The lowest BCUT2D eigenvalue weighted by molar-refractivity contribution is 0.410. The van der Waals surface area contributed by atoms with E-state index in [1.807, 2.05) is 0 Å². The Kier molecular flexibility index (Phi) is 18.3. The van der Waals surface area contributed by atoms with Gasteiger partial charge in [0.25, 0.3) is 0 Å². The average Bonchev–Trinajstić information content (AvgIpc) is 2.53. The largest absolute Gasteiger partial charge is 0.151 e. The summed E-state index contributed by atoms with van der Waals surface area (Å²) < 4.78 is 0. The maximum absolute atomic E-state index is 10.6. The molecule has 0 radical (unpaired) electrons. The molecule has 132 valence electrons. The maximum atomic E-state index is 10.6. The van der Waals surface area contributed by atoms with Crippen molar-refractivity contribution >= 4 is 0 Å². The number of nitroso groups, excluding NO2 is 1. The van der Waals surface area contributed by atoms with Gasteiger partial charge < -0.3 is 0 Å². The molecule has 1 unspecified atom stereocenters. The van der Waals surface area contributed by atoms with Crippen LogP contribution in [0.4, 0.5) is 0 Å². The fraction of sp³-hybridized carbons (Fsp3) is 1.00. The normalized spacial score (nSPS) is 12.5. The highest BCUT2D eigenvalue weighted by Gasteiger charge is 2.08. The summed E-state index contributed by atoms with van der Waals surface area (Å²) in [5, 5.41) is 3.16. The minimum absolute atomic E-state index is 0.546. The first kappa shape index (κ1) is 21.6. The van der Waals surface area contributed by atoms with Gasteiger partial charge in [-0.3, -0.25) is 0 Å². The Hall–Kier alpha value is -0.400. The summed E-state index contributed by atoms with van der Waals surface area (Å²) in [4.78, 5) is 10.6. The van der Waals surface area contributed by atoms with E-state index in [4.69, 9.17) is 0 Å². The van der Waals surface area contributed by atoms with Crippen LogP contribution in [0.5, 0.6) is 0 Å². The number of hydrogen-bond acceptors (Lipinski definition) is 2. The standard InChI is InChI=1S/C20H41NO/c1-3-5-7-9-10-11-12-14-16-18-20(19-21-22)17-15-13-8-6-4-2/h20H,3-19H2,1-2H3. The lowest BCUT2D eigenvalue weighted by Crippen LogP contribution is -2.04. The first-order chi connectivity index (χ1) is 10.8. The van der Waals surface area contributed by atoms with Gasteiger partial charge in [0.1, 0.15) is 0 Å². The molecule has 0 heterocycles. The molecule has 0 fully saturated rings. The van der Waals surface area contributed by atoms with Crippen LogP contribution in [0.2, 0.25) is 0 Å². The lowest BCUT2D eigenvalue weighted by atomic mass is 9.94. The van der Waals surface area contributed by atoms with Gasteiger partial charge >= 0.3 is 0 Å². The Bertz CT molecular complexity index is 218. The van der Waals surface area contributed by atoms with Gasteiger partial charge in [0.2, 0.25) is 0 Å². The lowest BCUT2D eigenvalue weighted by Gasteiger charge is -2.13. The zero-order chi connectivity index (χ0) is 16.3. The molecule has 2 nitrogen and oxygen atoms in total. The van der Waals surface area contributed by atoms with Crippen LogP contribution in [-0.4, -0.2) is 6.54 Å². The van der Waals surface area contributed by atoms with E-state index < -0.39 is 0 Å². The third-order valence-electron chi connectivity index (χ3n) is 4.76. The molecule has 0 saturated carbocycles. The summed E-state index contributed by atoms with van der Waals surface area (Å²) in [5.41, 5.74) is 0. The minimum atomic E-state index is 0.546.